The lowest BCUT2D eigenvalue weighted by molar-refractivity contribution is -0.244. The summed E-state index contributed by atoms with van der Waals surface area (Å²) in [7, 11) is 0. The Hall–Kier alpha value is -1.00. The Bertz CT molecular complexity index is 207. The average Bonchev–Trinajstić information content (AvgIpc) is 2.26. The van der Waals surface area contributed by atoms with Gasteiger partial charge in [-0.3, -0.25) is 0 Å². The second-order valence-electron chi connectivity index (χ2n) is 3.84. The van der Waals surface area contributed by atoms with Gasteiger partial charge in [-0.2, -0.15) is 0 Å². The molecule has 0 radical (unpaired) electrons. The molecule has 4 nitrogen and oxygen atoms in total. The van der Waals surface area contributed by atoms with Crippen LogP contribution in [0.3, 0.4) is 0 Å². The molecule has 0 aliphatic carbocycles. The highest BCUT2D eigenvalue weighted by Gasteiger charge is 2.33. The molecule has 1 heterocycles. The van der Waals surface area contributed by atoms with Crippen molar-refractivity contribution in [3.05, 3.63) is 25.7 Å². The first-order valence-electron chi connectivity index (χ1n) is 4.88. The summed E-state index contributed by atoms with van der Waals surface area (Å²) in [6, 6.07) is 0. The fourth-order valence-electron chi connectivity index (χ4n) is 1.26. The third-order valence-corrected chi connectivity index (χ3v) is 2.14. The van der Waals surface area contributed by atoms with Gasteiger partial charge in [0.05, 0.1) is 32.3 Å². The van der Waals surface area contributed by atoms with Crippen LogP contribution in [0.1, 0.15) is 6.92 Å². The van der Waals surface area contributed by atoms with Crippen molar-refractivity contribution >= 4 is 0 Å². The zero-order valence-corrected chi connectivity index (χ0v) is 9.11. The quantitative estimate of drug-likeness (QED) is 0.630. The van der Waals surface area contributed by atoms with Crippen LogP contribution >= 0.6 is 0 Å². The van der Waals surface area contributed by atoms with Crippen molar-refractivity contribution in [2.75, 3.05) is 26.4 Å². The second-order valence-corrected chi connectivity index (χ2v) is 3.84. The molecule has 0 bridgehead atoms. The SMILES string of the molecule is C=COCC1OCC(C)(COC=C)CO1. The molecule has 0 aromatic heterocycles. The lowest BCUT2D eigenvalue weighted by atomic mass is 9.93. The first kappa shape index (κ1) is 12.1. The van der Waals surface area contributed by atoms with E-state index in [1.807, 2.05) is 6.92 Å². The Labute approximate surface area is 90.5 Å². The Balaban J connectivity index is 2.27. The van der Waals surface area contributed by atoms with Crippen LogP contribution in [-0.4, -0.2) is 32.7 Å². The number of hydrogen-bond acceptors (Lipinski definition) is 4. The molecule has 1 fully saturated rings. The van der Waals surface area contributed by atoms with Crippen LogP contribution in [0.4, 0.5) is 0 Å². The van der Waals surface area contributed by atoms with Crippen LogP contribution < -0.4 is 0 Å². The van der Waals surface area contributed by atoms with Gasteiger partial charge >= 0.3 is 0 Å². The Morgan fingerprint density at radius 2 is 1.87 bits per heavy atom. The van der Waals surface area contributed by atoms with E-state index >= 15 is 0 Å². The molecule has 0 saturated carbocycles. The molecule has 4 heteroatoms. The van der Waals surface area contributed by atoms with Crippen LogP contribution in [0.15, 0.2) is 25.7 Å². The monoisotopic (exact) mass is 214 g/mol. The van der Waals surface area contributed by atoms with Gasteiger partial charge in [0.15, 0.2) is 6.29 Å². The molecule has 86 valence electrons. The molecular formula is C11H18O4. The van der Waals surface area contributed by atoms with Gasteiger partial charge in [0, 0.05) is 5.41 Å². The second kappa shape index (κ2) is 5.78. The lowest BCUT2D eigenvalue weighted by Gasteiger charge is -2.36. The minimum Gasteiger partial charge on any atom is -0.501 e. The highest BCUT2D eigenvalue weighted by atomic mass is 16.7. The van der Waals surface area contributed by atoms with Crippen molar-refractivity contribution in [2.24, 2.45) is 5.41 Å². The van der Waals surface area contributed by atoms with Gasteiger partial charge in [0.1, 0.15) is 6.61 Å². The summed E-state index contributed by atoms with van der Waals surface area (Å²) in [5.41, 5.74) is -0.112. The maximum atomic E-state index is 5.48. The summed E-state index contributed by atoms with van der Waals surface area (Å²) in [6.07, 6.45) is 2.50. The molecule has 0 N–H and O–H groups in total. The van der Waals surface area contributed by atoms with E-state index in [0.717, 1.165) is 0 Å². The van der Waals surface area contributed by atoms with Gasteiger partial charge in [-0.25, -0.2) is 0 Å². The van der Waals surface area contributed by atoms with E-state index in [4.69, 9.17) is 18.9 Å². The third kappa shape index (κ3) is 3.93. The zero-order chi connectivity index (χ0) is 11.1. The molecule has 0 atom stereocenters. The largest absolute Gasteiger partial charge is 0.501 e. The summed E-state index contributed by atoms with van der Waals surface area (Å²) < 4.78 is 21.1. The van der Waals surface area contributed by atoms with Crippen molar-refractivity contribution in [3.8, 4) is 0 Å². The average molecular weight is 214 g/mol. The van der Waals surface area contributed by atoms with E-state index in [-0.39, 0.29) is 11.7 Å². The van der Waals surface area contributed by atoms with Gasteiger partial charge in [-0.05, 0) is 0 Å². The van der Waals surface area contributed by atoms with Gasteiger partial charge < -0.3 is 18.9 Å². The highest BCUT2D eigenvalue weighted by molar-refractivity contribution is 4.77. The van der Waals surface area contributed by atoms with E-state index < -0.39 is 0 Å². The third-order valence-electron chi connectivity index (χ3n) is 2.14. The highest BCUT2D eigenvalue weighted by Crippen LogP contribution is 2.24. The fraction of sp³-hybridized carbons (Fsp3) is 0.636. The molecule has 0 aromatic carbocycles. The summed E-state index contributed by atoms with van der Waals surface area (Å²) in [5.74, 6) is 0. The van der Waals surface area contributed by atoms with Gasteiger partial charge in [-0.1, -0.05) is 20.1 Å². The molecule has 15 heavy (non-hydrogen) atoms. The summed E-state index contributed by atoms with van der Waals surface area (Å²) in [4.78, 5) is 0. The normalized spacial score (nSPS) is 30.6. The Morgan fingerprint density at radius 3 is 2.40 bits per heavy atom. The molecule has 1 aliphatic heterocycles. The van der Waals surface area contributed by atoms with Crippen LogP contribution in [0.25, 0.3) is 0 Å². The Morgan fingerprint density at radius 1 is 1.27 bits per heavy atom. The molecule has 0 spiro atoms. The fourth-order valence-corrected chi connectivity index (χ4v) is 1.26. The topological polar surface area (TPSA) is 36.9 Å². The zero-order valence-electron chi connectivity index (χ0n) is 9.11. The molecule has 1 rings (SSSR count). The van der Waals surface area contributed by atoms with Crippen LogP contribution in [0.2, 0.25) is 0 Å². The maximum absolute atomic E-state index is 5.48. The minimum absolute atomic E-state index is 0.112. The molecule has 0 unspecified atom stereocenters. The first-order chi connectivity index (χ1) is 7.20. The van der Waals surface area contributed by atoms with E-state index in [0.29, 0.717) is 26.4 Å². The molecule has 1 saturated heterocycles. The molecular weight excluding hydrogens is 196 g/mol. The smallest absolute Gasteiger partial charge is 0.191 e. The van der Waals surface area contributed by atoms with E-state index in [2.05, 4.69) is 13.2 Å². The summed E-state index contributed by atoms with van der Waals surface area (Å²) >= 11 is 0. The predicted octanol–water partition coefficient (Wildman–Crippen LogP) is 1.69. The van der Waals surface area contributed by atoms with E-state index in [1.165, 1.54) is 12.5 Å². The number of hydrogen-bond donors (Lipinski definition) is 0. The lowest BCUT2D eigenvalue weighted by Crippen LogP contribution is -2.43. The van der Waals surface area contributed by atoms with Crippen molar-refractivity contribution < 1.29 is 18.9 Å². The molecule has 1 aliphatic rings. The van der Waals surface area contributed by atoms with Gasteiger partial charge in [-0.15, -0.1) is 0 Å². The van der Waals surface area contributed by atoms with E-state index in [1.54, 1.807) is 0 Å². The number of ether oxygens (including phenoxy) is 4. The van der Waals surface area contributed by atoms with Crippen molar-refractivity contribution in [3.63, 3.8) is 0 Å². The predicted molar refractivity (Wildman–Crippen MR) is 56.1 cm³/mol. The minimum atomic E-state index is -0.306. The van der Waals surface area contributed by atoms with Gasteiger partial charge in [0.25, 0.3) is 0 Å². The van der Waals surface area contributed by atoms with Crippen molar-refractivity contribution in [1.29, 1.82) is 0 Å². The molecule has 0 amide bonds. The van der Waals surface area contributed by atoms with Crippen molar-refractivity contribution in [1.82, 2.24) is 0 Å². The Kier molecular flexibility index (Phi) is 4.65. The van der Waals surface area contributed by atoms with E-state index in [9.17, 15) is 0 Å². The molecule has 0 aromatic rings. The number of rotatable bonds is 6. The van der Waals surface area contributed by atoms with Crippen LogP contribution in [0.5, 0.6) is 0 Å². The maximum Gasteiger partial charge on any atom is 0.191 e. The van der Waals surface area contributed by atoms with Crippen molar-refractivity contribution in [2.45, 2.75) is 13.2 Å². The first-order valence-corrected chi connectivity index (χ1v) is 4.88. The van der Waals surface area contributed by atoms with Crippen LogP contribution in [0, 0.1) is 5.41 Å². The summed E-state index contributed by atoms with van der Waals surface area (Å²) in [6.45, 7) is 11.1. The van der Waals surface area contributed by atoms with Crippen LogP contribution in [-0.2, 0) is 18.9 Å². The summed E-state index contributed by atoms with van der Waals surface area (Å²) in [5, 5.41) is 0. The standard InChI is InChI=1S/C11H18O4/c1-4-12-6-10-14-8-11(3,9-15-10)7-13-5-2/h4-5,10H,1-2,6-9H2,3H3. The van der Waals surface area contributed by atoms with Gasteiger partial charge in [0.2, 0.25) is 0 Å².